The molecule has 0 atom stereocenters. The fourth-order valence-corrected chi connectivity index (χ4v) is 2.30. The number of rotatable bonds is 3. The van der Waals surface area contributed by atoms with E-state index in [1.807, 2.05) is 44.3 Å². The number of benzene rings is 2. The third kappa shape index (κ3) is 3.35. The molecule has 2 N–H and O–H groups in total. The van der Waals surface area contributed by atoms with Gasteiger partial charge in [-0.25, -0.2) is 0 Å². The first-order valence-corrected chi connectivity index (χ1v) is 6.75. The summed E-state index contributed by atoms with van der Waals surface area (Å²) in [5.41, 5.74) is 3.52. The van der Waals surface area contributed by atoms with Crippen LogP contribution in [0.2, 0.25) is 0 Å². The largest absolute Gasteiger partial charge is 0.388 e. The molecule has 1 amide bonds. The van der Waals surface area contributed by atoms with Crippen LogP contribution in [-0.2, 0) is 0 Å². The number of anilines is 2. The van der Waals surface area contributed by atoms with Crippen molar-refractivity contribution in [2.45, 2.75) is 6.92 Å². The van der Waals surface area contributed by atoms with Crippen LogP contribution in [0, 0.1) is 6.92 Å². The predicted molar refractivity (Wildman–Crippen MR) is 82.8 cm³/mol. The molecule has 0 aliphatic carbocycles. The van der Waals surface area contributed by atoms with Gasteiger partial charge < -0.3 is 10.6 Å². The standard InChI is InChI=1S/C15H15BrN2O/c1-10-3-8-14(13(16)9-10)18-15(19)11-4-6-12(17-2)7-5-11/h3-9,17H,1-2H3,(H,18,19). The Morgan fingerprint density at radius 2 is 1.79 bits per heavy atom. The molecule has 0 saturated heterocycles. The molecular weight excluding hydrogens is 304 g/mol. The first-order valence-electron chi connectivity index (χ1n) is 5.95. The highest BCUT2D eigenvalue weighted by Gasteiger charge is 2.08. The summed E-state index contributed by atoms with van der Waals surface area (Å²) in [5.74, 6) is -0.118. The van der Waals surface area contributed by atoms with Crippen molar-refractivity contribution in [3.05, 3.63) is 58.1 Å². The van der Waals surface area contributed by atoms with Gasteiger partial charge in [0, 0.05) is 22.8 Å². The van der Waals surface area contributed by atoms with Crippen molar-refractivity contribution in [3.8, 4) is 0 Å². The van der Waals surface area contributed by atoms with Gasteiger partial charge in [0.1, 0.15) is 0 Å². The molecular formula is C15H15BrN2O. The number of carbonyl (C=O) groups is 1. The summed E-state index contributed by atoms with van der Waals surface area (Å²) in [6.45, 7) is 2.01. The molecule has 2 rings (SSSR count). The van der Waals surface area contributed by atoms with Gasteiger partial charge in [-0.1, -0.05) is 6.07 Å². The van der Waals surface area contributed by atoms with Crippen molar-refractivity contribution in [2.24, 2.45) is 0 Å². The van der Waals surface area contributed by atoms with E-state index in [1.54, 1.807) is 12.1 Å². The van der Waals surface area contributed by atoms with Crippen molar-refractivity contribution in [2.75, 3.05) is 17.7 Å². The Bertz CT molecular complexity index is 594. The fourth-order valence-electron chi connectivity index (χ4n) is 1.70. The first kappa shape index (κ1) is 13.6. The lowest BCUT2D eigenvalue weighted by Gasteiger charge is -2.08. The molecule has 0 aliphatic heterocycles. The summed E-state index contributed by atoms with van der Waals surface area (Å²) >= 11 is 3.45. The highest BCUT2D eigenvalue weighted by atomic mass is 79.9. The normalized spacial score (nSPS) is 10.1. The summed E-state index contributed by atoms with van der Waals surface area (Å²) in [4.78, 5) is 12.1. The van der Waals surface area contributed by atoms with Crippen molar-refractivity contribution < 1.29 is 4.79 Å². The third-order valence-electron chi connectivity index (χ3n) is 2.81. The van der Waals surface area contributed by atoms with E-state index in [4.69, 9.17) is 0 Å². The van der Waals surface area contributed by atoms with Crippen LogP contribution in [-0.4, -0.2) is 13.0 Å². The van der Waals surface area contributed by atoms with Crippen LogP contribution >= 0.6 is 15.9 Å². The lowest BCUT2D eigenvalue weighted by atomic mass is 10.2. The number of halogens is 1. The SMILES string of the molecule is CNc1ccc(C(=O)Nc2ccc(C)cc2Br)cc1. The quantitative estimate of drug-likeness (QED) is 0.896. The maximum absolute atomic E-state index is 12.1. The molecule has 0 bridgehead atoms. The van der Waals surface area contributed by atoms with Crippen LogP contribution in [0.1, 0.15) is 15.9 Å². The average molecular weight is 319 g/mol. The van der Waals surface area contributed by atoms with Crippen LogP contribution in [0.4, 0.5) is 11.4 Å². The van der Waals surface area contributed by atoms with Gasteiger partial charge in [0.2, 0.25) is 0 Å². The molecule has 0 fully saturated rings. The molecule has 0 heterocycles. The molecule has 0 unspecified atom stereocenters. The number of carbonyl (C=O) groups excluding carboxylic acids is 1. The highest BCUT2D eigenvalue weighted by Crippen LogP contribution is 2.24. The molecule has 0 saturated carbocycles. The molecule has 0 radical (unpaired) electrons. The number of hydrogen-bond acceptors (Lipinski definition) is 2. The lowest BCUT2D eigenvalue weighted by molar-refractivity contribution is 0.102. The molecule has 2 aromatic carbocycles. The molecule has 4 heteroatoms. The minimum absolute atomic E-state index is 0.118. The summed E-state index contributed by atoms with van der Waals surface area (Å²) in [6.07, 6.45) is 0. The number of hydrogen-bond donors (Lipinski definition) is 2. The van der Waals surface area contributed by atoms with Gasteiger partial charge in [0.05, 0.1) is 5.69 Å². The Hall–Kier alpha value is -1.81. The summed E-state index contributed by atoms with van der Waals surface area (Å²) in [7, 11) is 1.85. The van der Waals surface area contributed by atoms with Crippen LogP contribution in [0.5, 0.6) is 0 Å². The van der Waals surface area contributed by atoms with Crippen molar-refractivity contribution in [1.82, 2.24) is 0 Å². The maximum atomic E-state index is 12.1. The van der Waals surface area contributed by atoms with Gasteiger partial charge in [-0.3, -0.25) is 4.79 Å². The predicted octanol–water partition coefficient (Wildman–Crippen LogP) is 4.05. The minimum atomic E-state index is -0.118. The molecule has 0 aromatic heterocycles. The lowest BCUT2D eigenvalue weighted by Crippen LogP contribution is -2.12. The molecule has 98 valence electrons. The molecule has 0 aliphatic rings. The van der Waals surface area contributed by atoms with Crippen LogP contribution in [0.3, 0.4) is 0 Å². The molecule has 3 nitrogen and oxygen atoms in total. The Morgan fingerprint density at radius 1 is 1.11 bits per heavy atom. The van der Waals surface area contributed by atoms with Crippen LogP contribution in [0.15, 0.2) is 46.9 Å². The zero-order chi connectivity index (χ0) is 13.8. The Balaban J connectivity index is 2.15. The average Bonchev–Trinajstić information content (AvgIpc) is 2.42. The van der Waals surface area contributed by atoms with Crippen molar-refractivity contribution in [1.29, 1.82) is 0 Å². The maximum Gasteiger partial charge on any atom is 0.255 e. The Morgan fingerprint density at radius 3 is 2.37 bits per heavy atom. The Labute approximate surface area is 121 Å². The van der Waals surface area contributed by atoms with Gasteiger partial charge in [-0.05, 0) is 64.8 Å². The topological polar surface area (TPSA) is 41.1 Å². The fraction of sp³-hybridized carbons (Fsp3) is 0.133. The van der Waals surface area contributed by atoms with Crippen LogP contribution in [0.25, 0.3) is 0 Å². The molecule has 19 heavy (non-hydrogen) atoms. The van der Waals surface area contributed by atoms with E-state index < -0.39 is 0 Å². The smallest absolute Gasteiger partial charge is 0.255 e. The highest BCUT2D eigenvalue weighted by molar-refractivity contribution is 9.10. The van der Waals surface area contributed by atoms with E-state index in [0.29, 0.717) is 5.56 Å². The van der Waals surface area contributed by atoms with E-state index in [1.165, 1.54) is 0 Å². The van der Waals surface area contributed by atoms with E-state index in [2.05, 4.69) is 26.6 Å². The van der Waals surface area contributed by atoms with Gasteiger partial charge in [0.25, 0.3) is 5.91 Å². The number of aryl methyl sites for hydroxylation is 1. The van der Waals surface area contributed by atoms with Gasteiger partial charge >= 0.3 is 0 Å². The van der Waals surface area contributed by atoms with Gasteiger partial charge in [0.15, 0.2) is 0 Å². The summed E-state index contributed by atoms with van der Waals surface area (Å²) in [6, 6.07) is 13.2. The van der Waals surface area contributed by atoms with Gasteiger partial charge in [-0.2, -0.15) is 0 Å². The van der Waals surface area contributed by atoms with Crippen molar-refractivity contribution in [3.63, 3.8) is 0 Å². The summed E-state index contributed by atoms with van der Waals surface area (Å²) in [5, 5.41) is 5.90. The zero-order valence-corrected chi connectivity index (χ0v) is 12.4. The Kier molecular flexibility index (Phi) is 4.22. The van der Waals surface area contributed by atoms with E-state index in [0.717, 1.165) is 21.4 Å². The second kappa shape index (κ2) is 5.89. The van der Waals surface area contributed by atoms with E-state index in [-0.39, 0.29) is 5.91 Å². The second-order valence-corrected chi connectivity index (χ2v) is 5.12. The third-order valence-corrected chi connectivity index (χ3v) is 3.46. The van der Waals surface area contributed by atoms with E-state index >= 15 is 0 Å². The number of amides is 1. The number of nitrogens with one attached hydrogen (secondary N) is 2. The van der Waals surface area contributed by atoms with E-state index in [9.17, 15) is 4.79 Å². The van der Waals surface area contributed by atoms with Gasteiger partial charge in [-0.15, -0.1) is 0 Å². The summed E-state index contributed by atoms with van der Waals surface area (Å²) < 4.78 is 0.882. The second-order valence-electron chi connectivity index (χ2n) is 4.26. The minimum Gasteiger partial charge on any atom is -0.388 e. The zero-order valence-electron chi connectivity index (χ0n) is 10.8. The first-order chi connectivity index (χ1) is 9.10. The van der Waals surface area contributed by atoms with Crippen LogP contribution < -0.4 is 10.6 Å². The molecule has 0 spiro atoms. The molecule has 2 aromatic rings. The van der Waals surface area contributed by atoms with Crippen molar-refractivity contribution >= 4 is 33.2 Å². The monoisotopic (exact) mass is 318 g/mol.